The third kappa shape index (κ3) is 2.81. The average molecular weight is 275 g/mol. The van der Waals surface area contributed by atoms with Crippen molar-refractivity contribution in [2.24, 2.45) is 5.92 Å². The lowest BCUT2D eigenvalue weighted by Gasteiger charge is -2.20. The molecule has 0 fully saturated rings. The first kappa shape index (κ1) is 14.1. The zero-order valence-corrected chi connectivity index (χ0v) is 11.7. The van der Waals surface area contributed by atoms with E-state index in [1.54, 1.807) is 10.9 Å². The Kier molecular flexibility index (Phi) is 4.07. The molecule has 0 aliphatic carbocycles. The lowest BCUT2D eigenvalue weighted by atomic mass is 10.0. The molecule has 0 spiro atoms. The van der Waals surface area contributed by atoms with Gasteiger partial charge in [0, 0.05) is 17.5 Å². The van der Waals surface area contributed by atoms with Crippen molar-refractivity contribution in [1.82, 2.24) is 25.2 Å². The van der Waals surface area contributed by atoms with Crippen molar-refractivity contribution < 1.29 is 9.90 Å². The Morgan fingerprint density at radius 1 is 1.45 bits per heavy atom. The molecule has 2 aromatic heterocycles. The highest BCUT2D eigenvalue weighted by molar-refractivity contribution is 5.67. The Balaban J connectivity index is 2.46. The van der Waals surface area contributed by atoms with Crippen LogP contribution in [0.3, 0.4) is 0 Å². The molecule has 0 amide bonds. The normalized spacial score (nSPS) is 12.6. The summed E-state index contributed by atoms with van der Waals surface area (Å²) in [6.07, 6.45) is 1.68. The summed E-state index contributed by atoms with van der Waals surface area (Å²) < 4.78 is 1.59. The second kappa shape index (κ2) is 5.77. The molecule has 1 N–H and O–H groups in total. The fourth-order valence-electron chi connectivity index (χ4n) is 2.10. The predicted molar refractivity (Wildman–Crippen MR) is 71.9 cm³/mol. The summed E-state index contributed by atoms with van der Waals surface area (Å²) >= 11 is 0. The summed E-state index contributed by atoms with van der Waals surface area (Å²) in [5, 5.41) is 20.7. The van der Waals surface area contributed by atoms with Gasteiger partial charge in [-0.2, -0.15) is 0 Å². The third-order valence-corrected chi connectivity index (χ3v) is 3.21. The van der Waals surface area contributed by atoms with E-state index in [0.717, 1.165) is 11.3 Å². The third-order valence-electron chi connectivity index (χ3n) is 3.21. The maximum Gasteiger partial charge on any atom is 0.305 e. The predicted octanol–water partition coefficient (Wildman–Crippen LogP) is 1.72. The molecular formula is C13H17N5O2. The van der Waals surface area contributed by atoms with Crippen molar-refractivity contribution in [2.75, 3.05) is 0 Å². The van der Waals surface area contributed by atoms with Gasteiger partial charge in [-0.25, -0.2) is 4.68 Å². The van der Waals surface area contributed by atoms with E-state index in [9.17, 15) is 4.79 Å². The Morgan fingerprint density at radius 3 is 2.80 bits per heavy atom. The summed E-state index contributed by atoms with van der Waals surface area (Å²) in [5.74, 6) is -0.214. The van der Waals surface area contributed by atoms with Crippen molar-refractivity contribution in [3.05, 3.63) is 24.0 Å². The summed E-state index contributed by atoms with van der Waals surface area (Å²) in [6, 6.07) is 3.39. The molecular weight excluding hydrogens is 258 g/mol. The van der Waals surface area contributed by atoms with E-state index in [4.69, 9.17) is 5.11 Å². The average Bonchev–Trinajstić information content (AvgIpc) is 2.84. The highest BCUT2D eigenvalue weighted by Crippen LogP contribution is 2.27. The van der Waals surface area contributed by atoms with Crippen LogP contribution in [0.5, 0.6) is 0 Å². The summed E-state index contributed by atoms with van der Waals surface area (Å²) in [7, 11) is 0. The smallest absolute Gasteiger partial charge is 0.305 e. The molecule has 0 bridgehead atoms. The molecule has 1 atom stereocenters. The highest BCUT2D eigenvalue weighted by atomic mass is 16.4. The second-order valence-electron chi connectivity index (χ2n) is 4.99. The van der Waals surface area contributed by atoms with Crippen LogP contribution in [-0.2, 0) is 4.79 Å². The van der Waals surface area contributed by atoms with Crippen LogP contribution in [0.4, 0.5) is 0 Å². The van der Waals surface area contributed by atoms with Gasteiger partial charge in [0.15, 0.2) is 5.82 Å². The molecule has 0 saturated heterocycles. The number of carboxylic acid groups (broad SMARTS) is 1. The molecule has 0 radical (unpaired) electrons. The van der Waals surface area contributed by atoms with Crippen LogP contribution in [0.15, 0.2) is 18.3 Å². The van der Waals surface area contributed by atoms with Crippen molar-refractivity contribution in [3.8, 4) is 11.4 Å². The second-order valence-corrected chi connectivity index (χ2v) is 4.99. The summed E-state index contributed by atoms with van der Waals surface area (Å²) in [5.41, 5.74) is 1.62. The molecule has 1 unspecified atom stereocenters. The van der Waals surface area contributed by atoms with Gasteiger partial charge in [0.25, 0.3) is 0 Å². The lowest BCUT2D eigenvalue weighted by Crippen LogP contribution is -2.21. The zero-order valence-electron chi connectivity index (χ0n) is 11.7. The first-order valence-electron chi connectivity index (χ1n) is 6.42. The number of rotatable bonds is 5. The SMILES string of the molecule is Cc1ncccc1-c1nnnn1C(CC(=O)O)C(C)C. The van der Waals surface area contributed by atoms with Gasteiger partial charge in [-0.15, -0.1) is 5.10 Å². The number of nitrogens with zero attached hydrogens (tertiary/aromatic N) is 5. The van der Waals surface area contributed by atoms with Gasteiger partial charge < -0.3 is 5.11 Å². The fraction of sp³-hybridized carbons (Fsp3) is 0.462. The Labute approximate surface area is 116 Å². The van der Waals surface area contributed by atoms with Gasteiger partial charge in [0.05, 0.1) is 12.5 Å². The molecule has 0 aliphatic heterocycles. The minimum atomic E-state index is -0.868. The summed E-state index contributed by atoms with van der Waals surface area (Å²) in [4.78, 5) is 15.2. The number of carbonyl (C=O) groups is 1. The minimum absolute atomic E-state index is 0.0188. The van der Waals surface area contributed by atoms with Crippen molar-refractivity contribution in [2.45, 2.75) is 33.2 Å². The molecule has 20 heavy (non-hydrogen) atoms. The first-order chi connectivity index (χ1) is 9.50. The maximum absolute atomic E-state index is 11.0. The minimum Gasteiger partial charge on any atom is -0.481 e. The van der Waals surface area contributed by atoms with E-state index in [-0.39, 0.29) is 18.4 Å². The van der Waals surface area contributed by atoms with E-state index in [1.165, 1.54) is 0 Å². The summed E-state index contributed by atoms with van der Waals surface area (Å²) in [6.45, 7) is 5.78. The van der Waals surface area contributed by atoms with E-state index in [0.29, 0.717) is 5.82 Å². The first-order valence-corrected chi connectivity index (χ1v) is 6.42. The molecule has 7 nitrogen and oxygen atoms in total. The van der Waals surface area contributed by atoms with Crippen LogP contribution in [0.1, 0.15) is 32.0 Å². The van der Waals surface area contributed by atoms with Crippen LogP contribution < -0.4 is 0 Å². The van der Waals surface area contributed by atoms with Gasteiger partial charge in [-0.3, -0.25) is 9.78 Å². The van der Waals surface area contributed by atoms with Crippen LogP contribution >= 0.6 is 0 Å². The Hall–Kier alpha value is -2.31. The number of carboxylic acids is 1. The number of pyridine rings is 1. The molecule has 7 heteroatoms. The number of aliphatic carboxylic acids is 1. The fourth-order valence-corrected chi connectivity index (χ4v) is 2.10. The van der Waals surface area contributed by atoms with E-state index >= 15 is 0 Å². The van der Waals surface area contributed by atoms with Crippen LogP contribution in [0, 0.1) is 12.8 Å². The van der Waals surface area contributed by atoms with Crippen LogP contribution in [0.2, 0.25) is 0 Å². The molecule has 0 aromatic carbocycles. The quantitative estimate of drug-likeness (QED) is 0.892. The van der Waals surface area contributed by atoms with E-state index < -0.39 is 5.97 Å². The molecule has 0 aliphatic rings. The van der Waals surface area contributed by atoms with E-state index in [1.807, 2.05) is 32.9 Å². The Bertz CT molecular complexity index is 608. The standard InChI is InChI=1S/C13H17N5O2/c1-8(2)11(7-12(19)20)18-13(15-16-17-18)10-5-4-6-14-9(10)3/h4-6,8,11H,7H2,1-3H3,(H,19,20). The topological polar surface area (TPSA) is 93.8 Å². The van der Waals surface area contributed by atoms with E-state index in [2.05, 4.69) is 20.5 Å². The molecule has 2 rings (SSSR count). The van der Waals surface area contributed by atoms with Crippen LogP contribution in [-0.4, -0.2) is 36.3 Å². The number of hydrogen-bond donors (Lipinski definition) is 1. The van der Waals surface area contributed by atoms with Gasteiger partial charge in [-0.05, 0) is 35.4 Å². The molecule has 106 valence electrons. The molecule has 2 aromatic rings. The van der Waals surface area contributed by atoms with Crippen molar-refractivity contribution in [1.29, 1.82) is 0 Å². The number of aryl methyl sites for hydroxylation is 1. The zero-order chi connectivity index (χ0) is 14.7. The largest absolute Gasteiger partial charge is 0.481 e. The number of tetrazole rings is 1. The number of hydrogen-bond acceptors (Lipinski definition) is 5. The molecule has 0 saturated carbocycles. The van der Waals surface area contributed by atoms with Gasteiger partial charge in [0.2, 0.25) is 0 Å². The lowest BCUT2D eigenvalue weighted by molar-refractivity contribution is -0.138. The van der Waals surface area contributed by atoms with Gasteiger partial charge >= 0.3 is 5.97 Å². The Morgan fingerprint density at radius 2 is 2.20 bits per heavy atom. The number of aromatic nitrogens is 5. The van der Waals surface area contributed by atoms with Crippen LogP contribution in [0.25, 0.3) is 11.4 Å². The molecule has 2 heterocycles. The van der Waals surface area contributed by atoms with Crippen molar-refractivity contribution in [3.63, 3.8) is 0 Å². The van der Waals surface area contributed by atoms with Gasteiger partial charge in [-0.1, -0.05) is 13.8 Å². The van der Waals surface area contributed by atoms with Gasteiger partial charge in [0.1, 0.15) is 0 Å². The monoisotopic (exact) mass is 275 g/mol. The van der Waals surface area contributed by atoms with Crippen molar-refractivity contribution >= 4 is 5.97 Å². The maximum atomic E-state index is 11.0. The highest BCUT2D eigenvalue weighted by Gasteiger charge is 2.24.